The molecular weight excluding hydrogens is 224 g/mol. The summed E-state index contributed by atoms with van der Waals surface area (Å²) in [7, 11) is 0. The van der Waals surface area contributed by atoms with Crippen molar-refractivity contribution >= 4 is 11.6 Å². The van der Waals surface area contributed by atoms with Crippen molar-refractivity contribution in [3.8, 4) is 0 Å². The fourth-order valence-corrected chi connectivity index (χ4v) is 2.64. The van der Waals surface area contributed by atoms with Crippen molar-refractivity contribution in [2.24, 2.45) is 11.7 Å². The summed E-state index contributed by atoms with van der Waals surface area (Å²) < 4.78 is 0. The highest BCUT2D eigenvalue weighted by Crippen LogP contribution is 2.29. The standard InChI is InChI=1S/C15H22N2O/c1-3-6-13(16)15(18)17-10-11(2)9-12-7-4-5-8-14(12)17/h4-5,7-8,11,13H,3,6,9-10,16H2,1-2H3/t11?,13-/m1/s1. The Bertz CT molecular complexity index is 430. The van der Waals surface area contributed by atoms with Crippen LogP contribution in [0, 0.1) is 5.92 Å². The predicted octanol–water partition coefficient (Wildman–Crippen LogP) is 2.34. The normalized spacial score (nSPS) is 20.4. The Balaban J connectivity index is 2.26. The maximum absolute atomic E-state index is 12.4. The molecule has 1 aliphatic heterocycles. The molecule has 1 aliphatic rings. The van der Waals surface area contributed by atoms with E-state index in [0.717, 1.165) is 31.5 Å². The molecule has 1 heterocycles. The molecule has 1 aromatic rings. The molecule has 2 rings (SSSR count). The van der Waals surface area contributed by atoms with Gasteiger partial charge in [0.2, 0.25) is 5.91 Å². The first-order valence-corrected chi connectivity index (χ1v) is 6.78. The van der Waals surface area contributed by atoms with Gasteiger partial charge in [-0.3, -0.25) is 4.79 Å². The van der Waals surface area contributed by atoms with E-state index in [1.807, 2.05) is 23.1 Å². The fourth-order valence-electron chi connectivity index (χ4n) is 2.64. The zero-order valence-electron chi connectivity index (χ0n) is 11.2. The molecular formula is C15H22N2O. The minimum atomic E-state index is -0.367. The number of anilines is 1. The lowest BCUT2D eigenvalue weighted by Gasteiger charge is -2.34. The van der Waals surface area contributed by atoms with Gasteiger partial charge >= 0.3 is 0 Å². The van der Waals surface area contributed by atoms with Crippen molar-refractivity contribution < 1.29 is 4.79 Å². The molecule has 0 radical (unpaired) electrons. The van der Waals surface area contributed by atoms with E-state index < -0.39 is 0 Å². The third-order valence-corrected chi connectivity index (χ3v) is 3.53. The smallest absolute Gasteiger partial charge is 0.243 e. The number of hydrogen-bond acceptors (Lipinski definition) is 2. The van der Waals surface area contributed by atoms with Gasteiger partial charge in [-0.1, -0.05) is 38.5 Å². The molecule has 1 aromatic carbocycles. The summed E-state index contributed by atoms with van der Waals surface area (Å²) in [6, 6.07) is 7.79. The Labute approximate surface area is 109 Å². The van der Waals surface area contributed by atoms with E-state index in [1.165, 1.54) is 5.56 Å². The highest BCUT2D eigenvalue weighted by molar-refractivity contribution is 5.98. The van der Waals surface area contributed by atoms with Gasteiger partial charge in [0.05, 0.1) is 6.04 Å². The van der Waals surface area contributed by atoms with Crippen molar-refractivity contribution in [1.29, 1.82) is 0 Å². The average Bonchev–Trinajstić information content (AvgIpc) is 2.37. The number of carbonyl (C=O) groups excluding carboxylic acids is 1. The molecule has 0 aromatic heterocycles. The Morgan fingerprint density at radius 1 is 1.50 bits per heavy atom. The zero-order chi connectivity index (χ0) is 13.1. The molecule has 18 heavy (non-hydrogen) atoms. The Hall–Kier alpha value is -1.35. The van der Waals surface area contributed by atoms with Crippen LogP contribution in [-0.4, -0.2) is 18.5 Å². The molecule has 2 atom stereocenters. The number of rotatable bonds is 3. The van der Waals surface area contributed by atoms with E-state index in [0.29, 0.717) is 5.92 Å². The number of fused-ring (bicyclic) bond motifs is 1. The van der Waals surface area contributed by atoms with Crippen molar-refractivity contribution in [3.05, 3.63) is 29.8 Å². The van der Waals surface area contributed by atoms with E-state index in [4.69, 9.17) is 5.73 Å². The predicted molar refractivity (Wildman–Crippen MR) is 74.5 cm³/mol. The second-order valence-corrected chi connectivity index (χ2v) is 5.28. The molecule has 0 spiro atoms. The van der Waals surface area contributed by atoms with E-state index in [1.54, 1.807) is 0 Å². The number of carbonyl (C=O) groups is 1. The van der Waals surface area contributed by atoms with Crippen LogP contribution < -0.4 is 10.6 Å². The first-order valence-electron chi connectivity index (χ1n) is 6.78. The van der Waals surface area contributed by atoms with Crippen LogP contribution in [0.3, 0.4) is 0 Å². The molecule has 3 nitrogen and oxygen atoms in total. The third-order valence-electron chi connectivity index (χ3n) is 3.53. The second-order valence-electron chi connectivity index (χ2n) is 5.28. The van der Waals surface area contributed by atoms with Crippen LogP contribution in [0.1, 0.15) is 32.3 Å². The number of amides is 1. The van der Waals surface area contributed by atoms with Crippen LogP contribution in [0.5, 0.6) is 0 Å². The number of nitrogens with zero attached hydrogens (tertiary/aromatic N) is 1. The molecule has 0 aliphatic carbocycles. The summed E-state index contributed by atoms with van der Waals surface area (Å²) in [5.41, 5.74) is 8.28. The van der Waals surface area contributed by atoms with Gasteiger partial charge in [-0.2, -0.15) is 0 Å². The summed E-state index contributed by atoms with van der Waals surface area (Å²) in [5, 5.41) is 0. The molecule has 98 valence electrons. The minimum Gasteiger partial charge on any atom is -0.320 e. The third kappa shape index (κ3) is 2.56. The highest BCUT2D eigenvalue weighted by Gasteiger charge is 2.28. The first kappa shape index (κ1) is 13.1. The quantitative estimate of drug-likeness (QED) is 0.889. The van der Waals surface area contributed by atoms with Crippen LogP contribution in [-0.2, 0) is 11.2 Å². The molecule has 0 bridgehead atoms. The van der Waals surface area contributed by atoms with Gasteiger partial charge in [-0.15, -0.1) is 0 Å². The lowest BCUT2D eigenvalue weighted by molar-refractivity contribution is -0.120. The van der Waals surface area contributed by atoms with E-state index in [2.05, 4.69) is 19.9 Å². The van der Waals surface area contributed by atoms with Gasteiger partial charge < -0.3 is 10.6 Å². The lowest BCUT2D eigenvalue weighted by atomic mass is 9.93. The molecule has 0 fully saturated rings. The van der Waals surface area contributed by atoms with E-state index in [9.17, 15) is 4.79 Å². The lowest BCUT2D eigenvalue weighted by Crippen LogP contribution is -2.47. The minimum absolute atomic E-state index is 0.0656. The second kappa shape index (κ2) is 5.53. The maximum atomic E-state index is 12.4. The van der Waals surface area contributed by atoms with Crippen LogP contribution in [0.15, 0.2) is 24.3 Å². The summed E-state index contributed by atoms with van der Waals surface area (Å²) in [5.74, 6) is 0.563. The Kier molecular flexibility index (Phi) is 4.02. The first-order chi connectivity index (χ1) is 8.63. The Morgan fingerprint density at radius 3 is 2.94 bits per heavy atom. The maximum Gasteiger partial charge on any atom is 0.243 e. The van der Waals surface area contributed by atoms with Crippen molar-refractivity contribution in [2.45, 2.75) is 39.2 Å². The Morgan fingerprint density at radius 2 is 2.22 bits per heavy atom. The molecule has 1 amide bonds. The number of benzene rings is 1. The SMILES string of the molecule is CCC[C@@H](N)C(=O)N1CC(C)Cc2ccccc21. The van der Waals surface area contributed by atoms with Gasteiger partial charge in [0, 0.05) is 12.2 Å². The molecule has 1 unspecified atom stereocenters. The molecule has 3 heteroatoms. The van der Waals surface area contributed by atoms with Crippen LogP contribution >= 0.6 is 0 Å². The summed E-state index contributed by atoms with van der Waals surface area (Å²) in [6.45, 7) is 5.02. The highest BCUT2D eigenvalue weighted by atomic mass is 16.2. The van der Waals surface area contributed by atoms with Crippen LogP contribution in [0.4, 0.5) is 5.69 Å². The fraction of sp³-hybridized carbons (Fsp3) is 0.533. The van der Waals surface area contributed by atoms with E-state index >= 15 is 0 Å². The summed E-state index contributed by atoms with van der Waals surface area (Å²) in [6.07, 6.45) is 2.74. The van der Waals surface area contributed by atoms with Crippen molar-refractivity contribution in [2.75, 3.05) is 11.4 Å². The van der Waals surface area contributed by atoms with Crippen LogP contribution in [0.25, 0.3) is 0 Å². The van der Waals surface area contributed by atoms with E-state index in [-0.39, 0.29) is 11.9 Å². The molecule has 0 saturated heterocycles. The van der Waals surface area contributed by atoms with Crippen molar-refractivity contribution in [3.63, 3.8) is 0 Å². The van der Waals surface area contributed by atoms with Gasteiger partial charge in [0.15, 0.2) is 0 Å². The number of hydrogen-bond donors (Lipinski definition) is 1. The molecule has 0 saturated carbocycles. The van der Waals surface area contributed by atoms with Gasteiger partial charge in [0.25, 0.3) is 0 Å². The summed E-state index contributed by atoms with van der Waals surface area (Å²) >= 11 is 0. The average molecular weight is 246 g/mol. The zero-order valence-corrected chi connectivity index (χ0v) is 11.2. The summed E-state index contributed by atoms with van der Waals surface area (Å²) in [4.78, 5) is 14.3. The van der Waals surface area contributed by atoms with Gasteiger partial charge in [0.1, 0.15) is 0 Å². The van der Waals surface area contributed by atoms with Gasteiger partial charge in [-0.25, -0.2) is 0 Å². The topological polar surface area (TPSA) is 46.3 Å². The molecule has 2 N–H and O–H groups in total. The van der Waals surface area contributed by atoms with Crippen LogP contribution in [0.2, 0.25) is 0 Å². The van der Waals surface area contributed by atoms with Gasteiger partial charge in [-0.05, 0) is 30.4 Å². The monoisotopic (exact) mass is 246 g/mol. The van der Waals surface area contributed by atoms with Crippen molar-refractivity contribution in [1.82, 2.24) is 0 Å². The largest absolute Gasteiger partial charge is 0.320 e. The number of nitrogens with two attached hydrogens (primary N) is 1. The number of para-hydroxylation sites is 1.